The predicted molar refractivity (Wildman–Crippen MR) is 551 cm³/mol. The Balaban J connectivity index is 0.000000151. The third kappa shape index (κ3) is 13.5. The van der Waals surface area contributed by atoms with Gasteiger partial charge in [0, 0.05) is 115 Å². The van der Waals surface area contributed by atoms with Gasteiger partial charge in [0.25, 0.3) is 0 Å². The fraction of sp³-hybridized carbons (Fsp3) is 0. The van der Waals surface area contributed by atoms with Gasteiger partial charge in [-0.15, -0.1) is 0 Å². The molecule has 0 radical (unpaired) electrons. The molecule has 26 aromatic rings. The molecule has 6 aromatic heterocycles. The number of para-hydroxylation sites is 12. The third-order valence-electron chi connectivity index (χ3n) is 27.1. The fourth-order valence-electron chi connectivity index (χ4n) is 21.2. The van der Waals surface area contributed by atoms with Crippen molar-refractivity contribution in [1.29, 1.82) is 21.0 Å². The van der Waals surface area contributed by atoms with E-state index in [4.69, 9.17) is 11.8 Å². The average molecular weight is 1800 g/mol. The molecule has 0 spiro atoms. The summed E-state index contributed by atoms with van der Waals surface area (Å²) in [6.07, 6.45) is 0. The van der Waals surface area contributed by atoms with Gasteiger partial charge in [0.2, 0.25) is 0 Å². The zero-order chi connectivity index (χ0) is 92.2. The molecule has 138 heavy (non-hydrogen) atoms. The standard InChI is InChI=1S/C63H36N6.C60H36F3N3.CN.K/c64-37-52-61(40-25-31-43(32-26-40)67-55-19-7-1-13-46(55)47-14-2-8-20-56(47)67)53(38-65)63(42-29-35-45(36-30-42)69-59-23-11-5-17-50(59)51-18-6-12-24-60(51)69)54(39-66)62(52)41-27-33-44(34-28-41)68-57-21-9-3-15-48(57)49-16-4-10-22-58(49)68;61-58-55(37-25-31-40(32-26-37)64-49-19-7-1-13-43(49)44-14-2-8-20-50(44)64)59(62)57(39-29-35-42(36-30-39)66-53-23-11-5-17-47(53)48-18-6-12-24-54(48)66)60(63)56(58)38-27-33-41(34-28-38)65-51-21-9-3-15-45(51)46-16-4-10-22-52(46)65;1-2;/h1-36H;1-36H;;/q;;-1;+1. The van der Waals surface area contributed by atoms with E-state index in [0.717, 1.165) is 165 Å². The SMILES string of the molecule is Fc1c(-c2ccc(-n3c4ccccc4c4ccccc43)cc2)c(F)c(-c2ccc(-n3c4ccccc4c4ccccc43)cc2)c(F)c1-c1ccc(-n2c3ccccc3c3ccccc32)cc1.N#Cc1c(-c2ccc(-n3c4ccccc4c4ccccc43)cc2)c(C#N)c(-c2ccc(-n3c4ccccc4c4ccccc43)cc2)c(C#N)c1-c1ccc(-n2c3ccccc3c3ccccc32)cc1.[C-]#N.[K+]. The molecule has 14 heteroatoms. The Morgan fingerprint density at radius 3 is 0.384 bits per heavy atom. The van der Waals surface area contributed by atoms with Gasteiger partial charge in [-0.2, -0.15) is 15.8 Å². The van der Waals surface area contributed by atoms with E-state index in [0.29, 0.717) is 50.1 Å². The van der Waals surface area contributed by atoms with Gasteiger partial charge >= 0.3 is 51.4 Å². The van der Waals surface area contributed by atoms with Gasteiger partial charge in [-0.25, -0.2) is 13.2 Å². The summed E-state index contributed by atoms with van der Waals surface area (Å²) in [6.45, 7) is 4.75. The molecule has 6 heterocycles. The first-order chi connectivity index (χ1) is 67.7. The van der Waals surface area contributed by atoms with E-state index in [2.05, 4.69) is 300 Å². The van der Waals surface area contributed by atoms with Crippen LogP contribution in [0.2, 0.25) is 0 Å². The van der Waals surface area contributed by atoms with Gasteiger partial charge in [0.15, 0.2) is 0 Å². The fourth-order valence-corrected chi connectivity index (χ4v) is 21.2. The summed E-state index contributed by atoms with van der Waals surface area (Å²) in [5, 5.41) is 53.9. The number of rotatable bonds is 12. The normalized spacial score (nSPS) is 11.4. The molecular formula is C124H72F3KN10. The zero-order valence-corrected chi connectivity index (χ0v) is 77.3. The summed E-state index contributed by atoms with van der Waals surface area (Å²) < 4.78 is 65.7. The van der Waals surface area contributed by atoms with Crippen molar-refractivity contribution < 1.29 is 64.6 Å². The van der Waals surface area contributed by atoms with Crippen LogP contribution in [0.15, 0.2) is 437 Å². The number of fused-ring (bicyclic) bond motifs is 18. The summed E-state index contributed by atoms with van der Waals surface area (Å²) in [4.78, 5) is 0. The van der Waals surface area contributed by atoms with Crippen molar-refractivity contribution in [3.8, 4) is 119 Å². The van der Waals surface area contributed by atoms with Crippen molar-refractivity contribution in [2.45, 2.75) is 0 Å². The molecule has 0 aliphatic heterocycles. The number of hydrogen-bond donors (Lipinski definition) is 0. The van der Waals surface area contributed by atoms with Crippen molar-refractivity contribution in [3.05, 3.63) is 477 Å². The Morgan fingerprint density at radius 2 is 0.268 bits per heavy atom. The Kier molecular flexibility index (Phi) is 21.4. The van der Waals surface area contributed by atoms with Crippen LogP contribution in [0.4, 0.5) is 13.2 Å². The van der Waals surface area contributed by atoms with E-state index in [1.165, 1.54) is 0 Å². The zero-order valence-electron chi connectivity index (χ0n) is 74.2. The summed E-state index contributed by atoms with van der Waals surface area (Å²) >= 11 is 0. The minimum atomic E-state index is -0.968. The molecule has 640 valence electrons. The molecule has 0 fully saturated rings. The Labute approximate surface area is 832 Å². The average Bonchev–Trinajstić information content (AvgIpc) is 1.16. The number of nitrogens with zero attached hydrogens (tertiary/aromatic N) is 10. The van der Waals surface area contributed by atoms with Crippen LogP contribution in [0.5, 0.6) is 0 Å². The first kappa shape index (κ1) is 84.8. The smallest absolute Gasteiger partial charge is 0.512 e. The van der Waals surface area contributed by atoms with E-state index < -0.39 is 17.5 Å². The van der Waals surface area contributed by atoms with Crippen LogP contribution in [0.3, 0.4) is 0 Å². The number of nitriles is 3. The Morgan fingerprint density at radius 1 is 0.159 bits per heavy atom. The van der Waals surface area contributed by atoms with E-state index in [1.54, 1.807) is 36.4 Å². The molecule has 26 rings (SSSR count). The first-order valence-corrected chi connectivity index (χ1v) is 45.1. The van der Waals surface area contributed by atoms with Crippen molar-refractivity contribution >= 4 is 131 Å². The summed E-state index contributed by atoms with van der Waals surface area (Å²) in [6, 6.07) is 153. The van der Waals surface area contributed by atoms with E-state index in [1.807, 2.05) is 146 Å². The topological polar surface area (TPSA) is 125 Å². The van der Waals surface area contributed by atoms with Gasteiger partial charge < -0.3 is 39.2 Å². The maximum Gasteiger partial charge on any atom is 1.00 e. The summed E-state index contributed by atoms with van der Waals surface area (Å²) in [5.74, 6) is -2.90. The molecule has 0 amide bonds. The van der Waals surface area contributed by atoms with Gasteiger partial charge in [-0.1, -0.05) is 291 Å². The van der Waals surface area contributed by atoms with Crippen molar-refractivity contribution in [2.24, 2.45) is 0 Å². The second-order valence-electron chi connectivity index (χ2n) is 34.2. The van der Waals surface area contributed by atoms with E-state index >= 15 is 13.2 Å². The summed E-state index contributed by atoms with van der Waals surface area (Å²) in [5.41, 5.74) is 22.3. The molecule has 20 aromatic carbocycles. The molecule has 10 nitrogen and oxygen atoms in total. The molecule has 0 atom stereocenters. The van der Waals surface area contributed by atoms with Crippen molar-refractivity contribution in [2.75, 3.05) is 0 Å². The van der Waals surface area contributed by atoms with Crippen LogP contribution in [0.1, 0.15) is 16.7 Å². The Bertz CT molecular complexity index is 8380. The molecular weight excluding hydrogens is 1730 g/mol. The first-order valence-electron chi connectivity index (χ1n) is 45.1. The molecule has 0 saturated carbocycles. The third-order valence-corrected chi connectivity index (χ3v) is 27.1. The van der Waals surface area contributed by atoms with E-state index in [-0.39, 0.29) is 84.8 Å². The quantitative estimate of drug-likeness (QED) is 0.0892. The second-order valence-corrected chi connectivity index (χ2v) is 34.2. The van der Waals surface area contributed by atoms with Gasteiger partial charge in [0.1, 0.15) is 35.7 Å². The van der Waals surface area contributed by atoms with Crippen LogP contribution in [0, 0.1) is 63.3 Å². The monoisotopic (exact) mass is 1800 g/mol. The maximum atomic E-state index is 17.5. The maximum absolute atomic E-state index is 17.5. The molecule has 0 aliphatic rings. The minimum Gasteiger partial charge on any atom is -0.512 e. The number of aromatic nitrogens is 6. The van der Waals surface area contributed by atoms with Crippen LogP contribution < -0.4 is 51.4 Å². The van der Waals surface area contributed by atoms with Gasteiger partial charge in [0.05, 0.1) is 99.6 Å². The molecule has 0 bridgehead atoms. The molecule has 0 saturated heterocycles. The molecule has 0 unspecified atom stereocenters. The molecule has 0 aliphatic carbocycles. The van der Waals surface area contributed by atoms with Gasteiger partial charge in [-0.05, 0) is 179 Å². The van der Waals surface area contributed by atoms with Crippen LogP contribution in [0.25, 0.3) is 232 Å². The molecule has 0 N–H and O–H groups in total. The van der Waals surface area contributed by atoms with Crippen LogP contribution in [-0.2, 0) is 0 Å². The number of benzene rings is 20. The van der Waals surface area contributed by atoms with Crippen molar-refractivity contribution in [3.63, 3.8) is 0 Å². The van der Waals surface area contributed by atoms with Crippen molar-refractivity contribution in [1.82, 2.24) is 27.4 Å². The number of halogens is 3. The summed E-state index contributed by atoms with van der Waals surface area (Å²) in [7, 11) is 0. The van der Waals surface area contributed by atoms with Crippen LogP contribution in [-0.4, -0.2) is 27.4 Å². The van der Waals surface area contributed by atoms with E-state index in [9.17, 15) is 15.8 Å². The number of hydrogen-bond acceptors (Lipinski definition) is 4. The second kappa shape index (κ2) is 34.9. The Hall–Kier alpha value is -17.4. The minimum absolute atomic E-state index is 0. The predicted octanol–water partition coefficient (Wildman–Crippen LogP) is 29.1. The van der Waals surface area contributed by atoms with Gasteiger partial charge in [-0.3, -0.25) is 0 Å². The van der Waals surface area contributed by atoms with Crippen LogP contribution >= 0.6 is 0 Å². The largest absolute Gasteiger partial charge is 1.00 e.